The molecular weight excluding hydrogens is 883 g/mol. The summed E-state index contributed by atoms with van der Waals surface area (Å²) in [6.07, 6.45) is 48.5. The predicted octanol–water partition coefficient (Wildman–Crippen LogP) is 13.3. The fourth-order valence-corrected chi connectivity index (χ4v) is 9.31. The Bertz CT molecular complexity index is 1220. The molecular formula is C59H111NO10. The Morgan fingerprint density at radius 1 is 0.514 bits per heavy atom. The number of unbranched alkanes of at least 4 members (excludes halogenated alkanes) is 35. The van der Waals surface area contributed by atoms with Crippen molar-refractivity contribution in [1.29, 1.82) is 0 Å². The van der Waals surface area contributed by atoms with E-state index in [0.717, 1.165) is 83.5 Å². The molecule has 1 fully saturated rings. The lowest BCUT2D eigenvalue weighted by atomic mass is 9.99. The second-order valence-electron chi connectivity index (χ2n) is 20.7. The van der Waals surface area contributed by atoms with Crippen molar-refractivity contribution in [2.75, 3.05) is 19.8 Å². The smallest absolute Gasteiger partial charge is 0.305 e. The van der Waals surface area contributed by atoms with Crippen LogP contribution in [-0.4, -0.2) is 100 Å². The van der Waals surface area contributed by atoms with Gasteiger partial charge in [-0.05, 0) is 57.8 Å². The van der Waals surface area contributed by atoms with E-state index >= 15 is 0 Å². The summed E-state index contributed by atoms with van der Waals surface area (Å²) >= 11 is 0. The maximum Gasteiger partial charge on any atom is 0.305 e. The van der Waals surface area contributed by atoms with Crippen LogP contribution in [0.5, 0.6) is 0 Å². The van der Waals surface area contributed by atoms with Gasteiger partial charge in [-0.3, -0.25) is 9.59 Å². The number of aliphatic hydroxyl groups excluding tert-OH is 5. The molecule has 0 saturated carbocycles. The lowest BCUT2D eigenvalue weighted by molar-refractivity contribution is -0.302. The molecule has 1 aliphatic rings. The van der Waals surface area contributed by atoms with Crippen molar-refractivity contribution in [2.24, 2.45) is 0 Å². The van der Waals surface area contributed by atoms with Gasteiger partial charge in [-0.15, -0.1) is 0 Å². The first-order chi connectivity index (χ1) is 34.2. The van der Waals surface area contributed by atoms with Crippen molar-refractivity contribution in [3.8, 4) is 0 Å². The molecule has 0 spiro atoms. The zero-order valence-corrected chi connectivity index (χ0v) is 45.2. The molecule has 0 bridgehead atoms. The van der Waals surface area contributed by atoms with Crippen LogP contribution < -0.4 is 5.32 Å². The number of esters is 1. The molecule has 70 heavy (non-hydrogen) atoms. The first kappa shape index (κ1) is 66.2. The van der Waals surface area contributed by atoms with Crippen molar-refractivity contribution < 1.29 is 49.3 Å². The number of rotatable bonds is 51. The summed E-state index contributed by atoms with van der Waals surface area (Å²) in [4.78, 5) is 25.1. The summed E-state index contributed by atoms with van der Waals surface area (Å²) in [5.74, 6) is -0.224. The third-order valence-corrected chi connectivity index (χ3v) is 14.1. The van der Waals surface area contributed by atoms with Crippen LogP contribution in [0.1, 0.15) is 277 Å². The second-order valence-corrected chi connectivity index (χ2v) is 20.7. The third-order valence-electron chi connectivity index (χ3n) is 14.1. The monoisotopic (exact) mass is 994 g/mol. The zero-order chi connectivity index (χ0) is 51.0. The van der Waals surface area contributed by atoms with E-state index in [1.54, 1.807) is 6.08 Å². The molecule has 0 aromatic rings. The number of aliphatic hydroxyl groups is 5. The van der Waals surface area contributed by atoms with Crippen LogP contribution in [0.3, 0.4) is 0 Å². The van der Waals surface area contributed by atoms with Gasteiger partial charge in [0.15, 0.2) is 6.29 Å². The van der Waals surface area contributed by atoms with Crippen molar-refractivity contribution in [3.05, 3.63) is 24.3 Å². The molecule has 11 nitrogen and oxygen atoms in total. The third kappa shape index (κ3) is 38.7. The summed E-state index contributed by atoms with van der Waals surface area (Å²) < 4.78 is 16.7. The molecule has 7 unspecified atom stereocenters. The van der Waals surface area contributed by atoms with E-state index in [1.807, 2.05) is 6.08 Å². The highest BCUT2D eigenvalue weighted by atomic mass is 16.7. The van der Waals surface area contributed by atoms with Gasteiger partial charge in [-0.1, -0.05) is 231 Å². The minimum atomic E-state index is -1.58. The Hall–Kier alpha value is -1.86. The van der Waals surface area contributed by atoms with Crippen molar-refractivity contribution in [2.45, 2.75) is 320 Å². The highest BCUT2D eigenvalue weighted by Gasteiger charge is 2.44. The summed E-state index contributed by atoms with van der Waals surface area (Å²) in [7, 11) is 0. The summed E-state index contributed by atoms with van der Waals surface area (Å²) in [5.41, 5.74) is 0. The number of amides is 1. The van der Waals surface area contributed by atoms with Crippen molar-refractivity contribution in [3.63, 3.8) is 0 Å². The van der Waals surface area contributed by atoms with Gasteiger partial charge in [0, 0.05) is 12.8 Å². The Balaban J connectivity index is 2.04. The summed E-state index contributed by atoms with van der Waals surface area (Å²) in [6, 6.07) is -0.819. The zero-order valence-electron chi connectivity index (χ0n) is 45.2. The topological polar surface area (TPSA) is 175 Å². The molecule has 1 aliphatic heterocycles. The molecule has 1 amide bonds. The summed E-state index contributed by atoms with van der Waals surface area (Å²) in [5, 5.41) is 54.2. The maximum absolute atomic E-state index is 13.0. The standard InChI is InChI=1S/C59H111NO10/c1-3-5-7-9-11-13-14-15-16-17-18-21-24-27-31-35-39-43-47-55(64)68-48-44-40-36-32-28-25-22-19-20-23-26-30-34-38-42-46-54(63)60-51(52(62)45-41-37-33-29-12-10-8-6-4-2)50-69-59-58(67)57(66)56(65)53(49-61)70-59/h22,25,41,45,51-53,56-59,61-62,65-67H,3-21,23-24,26-40,42-44,46-50H2,1-2H3,(H,60,63)/b25-22-,45-41+. The quantitative estimate of drug-likeness (QED) is 0.0195. The van der Waals surface area contributed by atoms with Crippen LogP contribution in [0.15, 0.2) is 24.3 Å². The lowest BCUT2D eigenvalue weighted by Crippen LogP contribution is -2.60. The number of nitrogens with one attached hydrogen (secondary N) is 1. The normalized spacial score (nSPS) is 19.3. The molecule has 0 aromatic heterocycles. The first-order valence-electron chi connectivity index (χ1n) is 29.6. The molecule has 7 atom stereocenters. The van der Waals surface area contributed by atoms with E-state index in [-0.39, 0.29) is 18.5 Å². The van der Waals surface area contributed by atoms with Gasteiger partial charge in [0.2, 0.25) is 5.91 Å². The number of allylic oxidation sites excluding steroid dienone is 3. The van der Waals surface area contributed by atoms with Crippen LogP contribution in [-0.2, 0) is 23.8 Å². The molecule has 1 rings (SSSR count). The fourth-order valence-electron chi connectivity index (χ4n) is 9.31. The van der Waals surface area contributed by atoms with Crippen molar-refractivity contribution >= 4 is 11.9 Å². The van der Waals surface area contributed by atoms with E-state index in [2.05, 4.69) is 31.3 Å². The van der Waals surface area contributed by atoms with E-state index in [0.29, 0.717) is 19.4 Å². The number of ether oxygens (including phenoxy) is 3. The molecule has 6 N–H and O–H groups in total. The van der Waals surface area contributed by atoms with Gasteiger partial charge in [-0.2, -0.15) is 0 Å². The van der Waals surface area contributed by atoms with Crippen LogP contribution >= 0.6 is 0 Å². The van der Waals surface area contributed by atoms with E-state index in [1.165, 1.54) is 167 Å². The SMILES string of the molecule is CCCCCCCCC/C=C/C(O)C(COC1OC(CO)C(O)C(O)C1O)NC(=O)CCCCCCCCC/C=C\CCCCCCOC(=O)CCCCCCCCCCCCCCCCCCCC. The molecule has 0 aliphatic carbocycles. The number of hydrogen-bond acceptors (Lipinski definition) is 10. The Labute approximate surface area is 429 Å². The van der Waals surface area contributed by atoms with Crippen LogP contribution in [0.4, 0.5) is 0 Å². The number of carbonyl (C=O) groups is 2. The van der Waals surface area contributed by atoms with E-state index in [4.69, 9.17) is 14.2 Å². The van der Waals surface area contributed by atoms with Crippen LogP contribution in [0, 0.1) is 0 Å². The van der Waals surface area contributed by atoms with Crippen LogP contribution in [0.25, 0.3) is 0 Å². The van der Waals surface area contributed by atoms with Gasteiger partial charge >= 0.3 is 5.97 Å². The van der Waals surface area contributed by atoms with E-state index in [9.17, 15) is 35.1 Å². The second kappa shape index (κ2) is 49.4. The Morgan fingerprint density at radius 3 is 1.37 bits per heavy atom. The lowest BCUT2D eigenvalue weighted by Gasteiger charge is -2.40. The van der Waals surface area contributed by atoms with Gasteiger partial charge in [0.1, 0.15) is 24.4 Å². The maximum atomic E-state index is 13.0. The fraction of sp³-hybridized carbons (Fsp3) is 0.898. The summed E-state index contributed by atoms with van der Waals surface area (Å²) in [6.45, 7) is 4.28. The van der Waals surface area contributed by atoms with Gasteiger partial charge in [0.25, 0.3) is 0 Å². The van der Waals surface area contributed by atoms with E-state index < -0.39 is 49.5 Å². The molecule has 0 aromatic carbocycles. The first-order valence-corrected chi connectivity index (χ1v) is 29.6. The van der Waals surface area contributed by atoms with Crippen LogP contribution in [0.2, 0.25) is 0 Å². The van der Waals surface area contributed by atoms with Gasteiger partial charge in [0.05, 0.1) is 32.0 Å². The average Bonchev–Trinajstić information content (AvgIpc) is 3.36. The largest absolute Gasteiger partial charge is 0.466 e. The molecule has 1 saturated heterocycles. The van der Waals surface area contributed by atoms with Crippen molar-refractivity contribution in [1.82, 2.24) is 5.32 Å². The molecule has 1 heterocycles. The Morgan fingerprint density at radius 2 is 0.914 bits per heavy atom. The predicted molar refractivity (Wildman–Crippen MR) is 288 cm³/mol. The number of carbonyl (C=O) groups excluding carboxylic acids is 2. The highest BCUT2D eigenvalue weighted by molar-refractivity contribution is 5.76. The minimum absolute atomic E-state index is 0.0251. The minimum Gasteiger partial charge on any atom is -0.466 e. The molecule has 412 valence electrons. The van der Waals surface area contributed by atoms with Gasteiger partial charge in [-0.25, -0.2) is 0 Å². The molecule has 0 radical (unpaired) electrons. The highest BCUT2D eigenvalue weighted by Crippen LogP contribution is 2.23. The Kier molecular flexibility index (Phi) is 46.6. The molecule has 11 heteroatoms. The number of hydrogen-bond donors (Lipinski definition) is 6. The van der Waals surface area contributed by atoms with Gasteiger partial charge < -0.3 is 45.1 Å². The average molecular weight is 995 g/mol.